The number of amides is 1. The molecule has 32 heavy (non-hydrogen) atoms. The van der Waals surface area contributed by atoms with Crippen LogP contribution in [0.25, 0.3) is 22.2 Å². The van der Waals surface area contributed by atoms with Gasteiger partial charge in [-0.2, -0.15) is 0 Å². The normalized spacial score (nSPS) is 11.1. The van der Waals surface area contributed by atoms with Crippen LogP contribution in [-0.2, 0) is 0 Å². The lowest BCUT2D eigenvalue weighted by Gasteiger charge is -2.15. The molecule has 0 saturated heterocycles. The molecule has 1 aromatic heterocycles. The van der Waals surface area contributed by atoms with Crippen LogP contribution < -0.4 is 5.32 Å². The summed E-state index contributed by atoms with van der Waals surface area (Å²) in [7, 11) is 0. The van der Waals surface area contributed by atoms with Gasteiger partial charge < -0.3 is 5.32 Å². The minimum Gasteiger partial charge on any atom is -0.352 e. The van der Waals surface area contributed by atoms with Crippen molar-refractivity contribution in [2.45, 2.75) is 65.2 Å². The first-order valence-corrected chi connectivity index (χ1v) is 12.4. The second-order valence-electron chi connectivity index (χ2n) is 8.33. The molecule has 1 amide bonds. The van der Waals surface area contributed by atoms with Crippen LogP contribution in [0.15, 0.2) is 42.5 Å². The molecule has 3 nitrogen and oxygen atoms in total. The Hall–Kier alpha value is -2.10. The standard InChI is InChI=1S/C27H32Cl2N2O/c1-3-4-5-6-7-8-9-12-17-30-27(32)25-19(2)26(21-16-15-20(28)18-23(21)29)31-24-14-11-10-13-22(24)25/h10-11,13-16,18H,3-9,12,17H2,1-2H3,(H,30,32). The Morgan fingerprint density at radius 2 is 1.62 bits per heavy atom. The van der Waals surface area contributed by atoms with Gasteiger partial charge >= 0.3 is 0 Å². The first-order valence-electron chi connectivity index (χ1n) is 11.7. The van der Waals surface area contributed by atoms with Gasteiger partial charge in [-0.1, -0.05) is 93.3 Å². The number of carbonyl (C=O) groups excluding carboxylic acids is 1. The second kappa shape index (κ2) is 12.2. The highest BCUT2D eigenvalue weighted by atomic mass is 35.5. The number of halogens is 2. The lowest BCUT2D eigenvalue weighted by molar-refractivity contribution is 0.0954. The number of nitrogens with one attached hydrogen (secondary N) is 1. The van der Waals surface area contributed by atoms with Crippen LogP contribution in [0.2, 0.25) is 10.0 Å². The molecule has 3 rings (SSSR count). The van der Waals surface area contributed by atoms with Crippen molar-refractivity contribution in [3.8, 4) is 11.3 Å². The number of unbranched alkanes of at least 4 members (excludes halogenated alkanes) is 7. The molecule has 0 bridgehead atoms. The van der Waals surface area contributed by atoms with Gasteiger partial charge in [0.15, 0.2) is 0 Å². The van der Waals surface area contributed by atoms with Gasteiger partial charge in [0, 0.05) is 22.5 Å². The minimum absolute atomic E-state index is 0.0598. The summed E-state index contributed by atoms with van der Waals surface area (Å²) in [6.45, 7) is 4.86. The minimum atomic E-state index is -0.0598. The van der Waals surface area contributed by atoms with Gasteiger partial charge in [-0.25, -0.2) is 4.98 Å². The number of benzene rings is 2. The van der Waals surface area contributed by atoms with Crippen molar-refractivity contribution < 1.29 is 4.79 Å². The largest absolute Gasteiger partial charge is 0.352 e. The number of fused-ring (bicyclic) bond motifs is 1. The molecule has 0 fully saturated rings. The Balaban J connectivity index is 1.74. The summed E-state index contributed by atoms with van der Waals surface area (Å²) in [5, 5.41) is 5.07. The van der Waals surface area contributed by atoms with Gasteiger partial charge in [-0.05, 0) is 43.2 Å². The third kappa shape index (κ3) is 6.24. The molecule has 1 N–H and O–H groups in total. The van der Waals surface area contributed by atoms with Gasteiger partial charge in [0.2, 0.25) is 0 Å². The highest BCUT2D eigenvalue weighted by Gasteiger charge is 2.20. The van der Waals surface area contributed by atoms with Crippen LogP contribution in [0.3, 0.4) is 0 Å². The molecule has 0 aliphatic heterocycles. The fourth-order valence-electron chi connectivity index (χ4n) is 4.09. The molecule has 0 radical (unpaired) electrons. The van der Waals surface area contributed by atoms with Crippen LogP contribution >= 0.6 is 23.2 Å². The number of rotatable bonds is 11. The topological polar surface area (TPSA) is 42.0 Å². The number of carbonyl (C=O) groups is 1. The van der Waals surface area contributed by atoms with Gasteiger partial charge in [0.1, 0.15) is 0 Å². The van der Waals surface area contributed by atoms with Gasteiger partial charge in [0.25, 0.3) is 5.91 Å². The maximum Gasteiger partial charge on any atom is 0.252 e. The molecule has 5 heteroatoms. The Morgan fingerprint density at radius 3 is 2.34 bits per heavy atom. The Bertz CT molecular complexity index is 1060. The van der Waals surface area contributed by atoms with E-state index in [0.29, 0.717) is 27.8 Å². The zero-order valence-corrected chi connectivity index (χ0v) is 20.5. The number of aromatic nitrogens is 1. The van der Waals surface area contributed by atoms with Crippen molar-refractivity contribution in [2.24, 2.45) is 0 Å². The van der Waals surface area contributed by atoms with Gasteiger partial charge in [-0.15, -0.1) is 0 Å². The molecule has 0 unspecified atom stereocenters. The average molecular weight is 471 g/mol. The number of hydrogen-bond acceptors (Lipinski definition) is 2. The quantitative estimate of drug-likeness (QED) is 0.285. The van der Waals surface area contributed by atoms with E-state index in [9.17, 15) is 4.79 Å². The van der Waals surface area contributed by atoms with Crippen LogP contribution in [0.5, 0.6) is 0 Å². The van der Waals surface area contributed by atoms with E-state index in [1.165, 1.54) is 38.5 Å². The summed E-state index contributed by atoms with van der Waals surface area (Å²) in [6, 6.07) is 13.1. The van der Waals surface area contributed by atoms with E-state index in [-0.39, 0.29) is 5.91 Å². The molecule has 0 saturated carbocycles. The van der Waals surface area contributed by atoms with E-state index in [0.717, 1.165) is 34.9 Å². The van der Waals surface area contributed by atoms with Crippen LogP contribution in [0.4, 0.5) is 0 Å². The highest BCUT2D eigenvalue weighted by Crippen LogP contribution is 2.34. The molecular formula is C27H32Cl2N2O. The summed E-state index contributed by atoms with van der Waals surface area (Å²) in [6.07, 6.45) is 9.93. The number of para-hydroxylation sites is 1. The zero-order valence-electron chi connectivity index (χ0n) is 19.0. The van der Waals surface area contributed by atoms with Crippen molar-refractivity contribution in [1.29, 1.82) is 0 Å². The van der Waals surface area contributed by atoms with Crippen molar-refractivity contribution in [1.82, 2.24) is 10.3 Å². The smallest absolute Gasteiger partial charge is 0.252 e. The maximum absolute atomic E-state index is 13.2. The molecule has 2 aromatic carbocycles. The average Bonchev–Trinajstić information content (AvgIpc) is 2.78. The highest BCUT2D eigenvalue weighted by molar-refractivity contribution is 6.36. The summed E-state index contributed by atoms with van der Waals surface area (Å²) in [5.41, 5.74) is 3.74. The van der Waals surface area contributed by atoms with Crippen LogP contribution in [0, 0.1) is 6.92 Å². The third-order valence-corrected chi connectivity index (χ3v) is 6.41. The second-order valence-corrected chi connectivity index (χ2v) is 9.18. The number of pyridine rings is 1. The summed E-state index contributed by atoms with van der Waals surface area (Å²) < 4.78 is 0. The molecule has 3 aromatic rings. The van der Waals surface area contributed by atoms with Crippen molar-refractivity contribution in [3.05, 3.63) is 63.6 Å². The maximum atomic E-state index is 13.2. The predicted molar refractivity (Wildman–Crippen MR) is 137 cm³/mol. The Kier molecular flexibility index (Phi) is 9.37. The van der Waals surface area contributed by atoms with Crippen LogP contribution in [0.1, 0.15) is 74.2 Å². The lowest BCUT2D eigenvalue weighted by Crippen LogP contribution is -2.26. The van der Waals surface area contributed by atoms with Gasteiger partial charge in [0.05, 0.1) is 21.8 Å². The first kappa shape index (κ1) is 24.5. The SMILES string of the molecule is CCCCCCCCCCNC(=O)c1c(C)c(-c2ccc(Cl)cc2Cl)nc2ccccc12. The molecule has 0 aliphatic carbocycles. The third-order valence-electron chi connectivity index (χ3n) is 5.87. The van der Waals surface area contributed by atoms with E-state index in [2.05, 4.69) is 12.2 Å². The van der Waals surface area contributed by atoms with E-state index in [4.69, 9.17) is 28.2 Å². The molecule has 0 atom stereocenters. The molecule has 170 valence electrons. The number of hydrogen-bond donors (Lipinski definition) is 1. The van der Waals surface area contributed by atoms with Crippen molar-refractivity contribution in [3.63, 3.8) is 0 Å². The summed E-state index contributed by atoms with van der Waals surface area (Å²) >= 11 is 12.5. The Labute approximate surface area is 201 Å². The predicted octanol–water partition coefficient (Wildman–Crippen LogP) is 8.39. The van der Waals surface area contributed by atoms with E-state index >= 15 is 0 Å². The van der Waals surface area contributed by atoms with E-state index in [1.807, 2.05) is 37.3 Å². The molecule has 0 aliphatic rings. The first-order chi connectivity index (χ1) is 15.5. The summed E-state index contributed by atoms with van der Waals surface area (Å²) in [5.74, 6) is -0.0598. The molecular weight excluding hydrogens is 439 g/mol. The fourth-order valence-corrected chi connectivity index (χ4v) is 4.59. The zero-order chi connectivity index (χ0) is 22.9. The molecule has 1 heterocycles. The fraction of sp³-hybridized carbons (Fsp3) is 0.407. The molecule has 0 spiro atoms. The Morgan fingerprint density at radius 1 is 0.938 bits per heavy atom. The van der Waals surface area contributed by atoms with E-state index < -0.39 is 0 Å². The van der Waals surface area contributed by atoms with E-state index in [1.54, 1.807) is 12.1 Å². The lowest BCUT2D eigenvalue weighted by atomic mass is 9.97. The van der Waals surface area contributed by atoms with Gasteiger partial charge in [-0.3, -0.25) is 4.79 Å². The monoisotopic (exact) mass is 470 g/mol. The summed E-state index contributed by atoms with van der Waals surface area (Å²) in [4.78, 5) is 18.0. The van der Waals surface area contributed by atoms with Crippen molar-refractivity contribution in [2.75, 3.05) is 6.54 Å². The number of nitrogens with zero attached hydrogens (tertiary/aromatic N) is 1. The van der Waals surface area contributed by atoms with Crippen LogP contribution in [-0.4, -0.2) is 17.4 Å². The van der Waals surface area contributed by atoms with Crippen molar-refractivity contribution >= 4 is 40.0 Å².